The Bertz CT molecular complexity index is 814. The van der Waals surface area contributed by atoms with E-state index in [4.69, 9.17) is 4.74 Å². The van der Waals surface area contributed by atoms with E-state index in [0.29, 0.717) is 5.75 Å². The van der Waals surface area contributed by atoms with E-state index in [-0.39, 0.29) is 6.54 Å². The van der Waals surface area contributed by atoms with E-state index < -0.39 is 20.5 Å². The van der Waals surface area contributed by atoms with Gasteiger partial charge >= 0.3 is 0 Å². The van der Waals surface area contributed by atoms with Crippen LogP contribution < -0.4 is 10.1 Å². The monoisotopic (exact) mass is 347 g/mol. The van der Waals surface area contributed by atoms with Crippen molar-refractivity contribution in [3.63, 3.8) is 0 Å². The molecule has 24 heavy (non-hydrogen) atoms. The van der Waals surface area contributed by atoms with E-state index >= 15 is 0 Å². The molecule has 0 bridgehead atoms. The van der Waals surface area contributed by atoms with Gasteiger partial charge in [-0.2, -0.15) is 0 Å². The fraction of sp³-hybridized carbons (Fsp3) is 0.278. The SMILES string of the molecule is CC(C)(C(=O)NCc1cccc(Oc2ccccc2)c1)S(C)(=O)=O. The highest BCUT2D eigenvalue weighted by atomic mass is 32.2. The molecule has 0 radical (unpaired) electrons. The third-order valence-corrected chi connectivity index (χ3v) is 5.84. The van der Waals surface area contributed by atoms with Crippen LogP contribution in [0, 0.1) is 0 Å². The van der Waals surface area contributed by atoms with Crippen molar-refractivity contribution in [1.82, 2.24) is 5.32 Å². The molecule has 1 amide bonds. The third-order valence-electron chi connectivity index (χ3n) is 3.80. The number of hydrogen-bond acceptors (Lipinski definition) is 4. The Kier molecular flexibility index (Phi) is 5.29. The Labute approximate surface area is 142 Å². The van der Waals surface area contributed by atoms with Gasteiger partial charge in [-0.3, -0.25) is 4.79 Å². The second kappa shape index (κ2) is 7.05. The minimum Gasteiger partial charge on any atom is -0.457 e. The molecule has 0 aliphatic heterocycles. The first kappa shape index (κ1) is 18.0. The number of benzene rings is 2. The standard InChI is InChI=1S/C18H21NO4S/c1-18(2,24(3,21)22)17(20)19-13-14-8-7-11-16(12-14)23-15-9-5-4-6-10-15/h4-12H,13H2,1-3H3,(H,19,20). The highest BCUT2D eigenvalue weighted by molar-refractivity contribution is 7.92. The van der Waals surface area contributed by atoms with Crippen molar-refractivity contribution in [3.8, 4) is 11.5 Å². The van der Waals surface area contributed by atoms with E-state index in [1.165, 1.54) is 13.8 Å². The van der Waals surface area contributed by atoms with Crippen molar-refractivity contribution in [2.45, 2.75) is 25.1 Å². The quantitative estimate of drug-likeness (QED) is 0.872. The first-order valence-corrected chi connectivity index (χ1v) is 9.39. The molecule has 128 valence electrons. The number of para-hydroxylation sites is 1. The predicted octanol–water partition coefficient (Wildman–Crippen LogP) is 2.92. The van der Waals surface area contributed by atoms with E-state index in [1.807, 2.05) is 48.5 Å². The van der Waals surface area contributed by atoms with Crippen molar-refractivity contribution in [3.05, 3.63) is 60.2 Å². The summed E-state index contributed by atoms with van der Waals surface area (Å²) < 4.78 is 27.6. The smallest absolute Gasteiger partial charge is 0.241 e. The van der Waals surface area contributed by atoms with Gasteiger partial charge in [0.2, 0.25) is 5.91 Å². The van der Waals surface area contributed by atoms with Crippen LogP contribution in [-0.2, 0) is 21.2 Å². The summed E-state index contributed by atoms with van der Waals surface area (Å²) in [6.45, 7) is 3.02. The maximum absolute atomic E-state index is 12.1. The largest absolute Gasteiger partial charge is 0.457 e. The van der Waals surface area contributed by atoms with Crippen molar-refractivity contribution in [2.75, 3.05) is 6.26 Å². The summed E-state index contributed by atoms with van der Waals surface area (Å²) in [6, 6.07) is 16.7. The molecule has 1 N–H and O–H groups in total. The van der Waals surface area contributed by atoms with Crippen molar-refractivity contribution >= 4 is 15.7 Å². The van der Waals surface area contributed by atoms with Gasteiger partial charge in [0.15, 0.2) is 9.84 Å². The molecule has 2 aromatic carbocycles. The summed E-state index contributed by atoms with van der Waals surface area (Å²) in [6.07, 6.45) is 1.06. The van der Waals surface area contributed by atoms with Crippen molar-refractivity contribution < 1.29 is 17.9 Å². The molecule has 0 aliphatic rings. The molecule has 0 spiro atoms. The maximum Gasteiger partial charge on any atom is 0.241 e. The number of ether oxygens (including phenoxy) is 1. The van der Waals surface area contributed by atoms with Crippen molar-refractivity contribution in [2.24, 2.45) is 0 Å². The van der Waals surface area contributed by atoms with Gasteiger partial charge in [0.25, 0.3) is 0 Å². The van der Waals surface area contributed by atoms with Gasteiger partial charge in [0, 0.05) is 12.8 Å². The van der Waals surface area contributed by atoms with Gasteiger partial charge in [0.05, 0.1) is 0 Å². The zero-order valence-electron chi connectivity index (χ0n) is 13.9. The van der Waals surface area contributed by atoms with Crippen LogP contribution in [0.1, 0.15) is 19.4 Å². The maximum atomic E-state index is 12.1. The van der Waals surface area contributed by atoms with Crippen LogP contribution in [0.5, 0.6) is 11.5 Å². The molecule has 0 unspecified atom stereocenters. The number of nitrogens with one attached hydrogen (secondary N) is 1. The van der Waals surface area contributed by atoms with Crippen LogP contribution in [0.3, 0.4) is 0 Å². The van der Waals surface area contributed by atoms with E-state index in [9.17, 15) is 13.2 Å². The molecule has 6 heteroatoms. The summed E-state index contributed by atoms with van der Waals surface area (Å²) in [4.78, 5) is 12.1. The number of carbonyl (C=O) groups excluding carboxylic acids is 1. The zero-order valence-corrected chi connectivity index (χ0v) is 14.8. The van der Waals surface area contributed by atoms with Crippen LogP contribution in [0.2, 0.25) is 0 Å². The average molecular weight is 347 g/mol. The summed E-state index contributed by atoms with van der Waals surface area (Å²) in [5.41, 5.74) is 0.820. The van der Waals surface area contributed by atoms with Crippen LogP contribution in [0.15, 0.2) is 54.6 Å². The number of rotatable bonds is 6. The average Bonchev–Trinajstić information content (AvgIpc) is 2.53. The molecule has 2 aromatic rings. The molecular formula is C18H21NO4S. The highest BCUT2D eigenvalue weighted by Gasteiger charge is 2.38. The highest BCUT2D eigenvalue weighted by Crippen LogP contribution is 2.22. The van der Waals surface area contributed by atoms with Crippen LogP contribution in [-0.4, -0.2) is 25.3 Å². The Hall–Kier alpha value is -2.34. The molecule has 0 heterocycles. The molecule has 0 saturated heterocycles. The van der Waals surface area contributed by atoms with Gasteiger partial charge in [-0.1, -0.05) is 30.3 Å². The third kappa shape index (κ3) is 4.35. The molecule has 2 rings (SSSR count). The molecule has 0 aromatic heterocycles. The minimum atomic E-state index is -3.49. The van der Waals surface area contributed by atoms with E-state index in [1.54, 1.807) is 6.07 Å². The number of carbonyl (C=O) groups is 1. The second-order valence-electron chi connectivity index (χ2n) is 6.03. The fourth-order valence-electron chi connectivity index (χ4n) is 1.91. The van der Waals surface area contributed by atoms with E-state index in [2.05, 4.69) is 5.32 Å². The summed E-state index contributed by atoms with van der Waals surface area (Å²) in [7, 11) is -3.49. The number of sulfone groups is 1. The van der Waals surface area contributed by atoms with Gasteiger partial charge in [0.1, 0.15) is 16.2 Å². The first-order chi connectivity index (χ1) is 11.2. The topological polar surface area (TPSA) is 72.5 Å². The Balaban J connectivity index is 2.04. The summed E-state index contributed by atoms with van der Waals surface area (Å²) >= 11 is 0. The van der Waals surface area contributed by atoms with Gasteiger partial charge in [-0.05, 0) is 43.7 Å². The molecule has 0 atom stereocenters. The summed E-state index contributed by atoms with van der Waals surface area (Å²) in [5.74, 6) is 0.839. The van der Waals surface area contributed by atoms with Crippen LogP contribution in [0.4, 0.5) is 0 Å². The predicted molar refractivity (Wildman–Crippen MR) is 93.7 cm³/mol. The number of hydrogen-bond donors (Lipinski definition) is 1. The molecule has 0 saturated carbocycles. The minimum absolute atomic E-state index is 0.226. The lowest BCUT2D eigenvalue weighted by atomic mass is 10.1. The van der Waals surface area contributed by atoms with E-state index in [0.717, 1.165) is 17.6 Å². The van der Waals surface area contributed by atoms with Gasteiger partial charge in [-0.15, -0.1) is 0 Å². The molecule has 0 fully saturated rings. The Morgan fingerprint density at radius 3 is 2.29 bits per heavy atom. The van der Waals surface area contributed by atoms with Gasteiger partial charge < -0.3 is 10.1 Å². The molecular weight excluding hydrogens is 326 g/mol. The second-order valence-corrected chi connectivity index (χ2v) is 8.59. The van der Waals surface area contributed by atoms with Crippen LogP contribution >= 0.6 is 0 Å². The van der Waals surface area contributed by atoms with Crippen LogP contribution in [0.25, 0.3) is 0 Å². The lowest BCUT2D eigenvalue weighted by Gasteiger charge is -2.21. The van der Waals surface area contributed by atoms with Crippen molar-refractivity contribution in [1.29, 1.82) is 0 Å². The first-order valence-electron chi connectivity index (χ1n) is 7.50. The Morgan fingerprint density at radius 1 is 1.04 bits per heavy atom. The fourth-order valence-corrected chi connectivity index (χ4v) is 2.32. The lowest BCUT2D eigenvalue weighted by molar-refractivity contribution is -0.123. The molecule has 0 aliphatic carbocycles. The lowest BCUT2D eigenvalue weighted by Crippen LogP contribution is -2.47. The Morgan fingerprint density at radius 2 is 1.67 bits per heavy atom. The zero-order chi connectivity index (χ0) is 17.8. The summed E-state index contributed by atoms with van der Waals surface area (Å²) in [5, 5.41) is 2.66. The normalized spacial score (nSPS) is 11.8. The number of amides is 1. The van der Waals surface area contributed by atoms with Gasteiger partial charge in [-0.25, -0.2) is 8.42 Å². The molecule has 5 nitrogen and oxygen atoms in total.